The predicted octanol–water partition coefficient (Wildman–Crippen LogP) is 2.61. The van der Waals surface area contributed by atoms with Crippen LogP contribution in [0.3, 0.4) is 0 Å². The molecule has 1 aliphatic heterocycles. The van der Waals surface area contributed by atoms with E-state index in [1.54, 1.807) is 19.1 Å². The third-order valence-electron chi connectivity index (χ3n) is 2.69. The molecule has 0 fully saturated rings. The molecule has 104 valence electrons. The Balaban J connectivity index is 2.51. The Morgan fingerprint density at radius 2 is 2.35 bits per heavy atom. The lowest BCUT2D eigenvalue weighted by Gasteiger charge is -2.30. The number of benzene rings is 1. The van der Waals surface area contributed by atoms with Crippen LogP contribution in [0.1, 0.15) is 12.5 Å². The van der Waals surface area contributed by atoms with Crippen molar-refractivity contribution in [3.63, 3.8) is 0 Å². The van der Waals surface area contributed by atoms with Crippen LogP contribution >= 0.6 is 11.8 Å². The minimum absolute atomic E-state index is 0.0933. The van der Waals surface area contributed by atoms with Crippen LogP contribution in [-0.4, -0.2) is 23.4 Å². The second-order valence-electron chi connectivity index (χ2n) is 4.11. The zero-order valence-electron chi connectivity index (χ0n) is 10.9. The maximum Gasteiger partial charge on any atom is 0.338 e. The van der Waals surface area contributed by atoms with Gasteiger partial charge in [-0.1, -0.05) is 22.9 Å². The third kappa shape index (κ3) is 2.31. The highest BCUT2D eigenvalue weighted by Gasteiger charge is 2.51. The molecule has 1 atom stereocenters. The van der Waals surface area contributed by atoms with Crippen LogP contribution in [0.15, 0.2) is 28.2 Å². The van der Waals surface area contributed by atoms with Crippen molar-refractivity contribution in [3.05, 3.63) is 34.2 Å². The van der Waals surface area contributed by atoms with E-state index in [2.05, 4.69) is 15.3 Å². The average molecular weight is 292 g/mol. The van der Waals surface area contributed by atoms with Gasteiger partial charge in [0, 0.05) is 9.81 Å². The van der Waals surface area contributed by atoms with Crippen molar-refractivity contribution < 1.29 is 14.3 Å². The smallest absolute Gasteiger partial charge is 0.338 e. The number of hydrogen-bond donors (Lipinski definition) is 1. The summed E-state index contributed by atoms with van der Waals surface area (Å²) in [5.74, 6) is -1.57. The van der Waals surface area contributed by atoms with Gasteiger partial charge in [-0.2, -0.15) is 0 Å². The molecule has 2 rings (SSSR count). The second-order valence-corrected chi connectivity index (χ2v) is 5.34. The van der Waals surface area contributed by atoms with Crippen LogP contribution in [0.25, 0.3) is 10.4 Å². The van der Waals surface area contributed by atoms with Crippen LogP contribution in [0.5, 0.6) is 0 Å². The molecule has 1 amide bonds. The van der Waals surface area contributed by atoms with Crippen LogP contribution in [0, 0.1) is 6.92 Å². The van der Waals surface area contributed by atoms with E-state index in [1.807, 2.05) is 13.0 Å². The largest absolute Gasteiger partial charge is 0.464 e. The Morgan fingerprint density at radius 1 is 1.60 bits per heavy atom. The standard InChI is InChI=1S/C12H12N4O3S/c1-3-19-11(18)12(15-16-13)10(17)14-8-5-4-7(2)6-9(8)20-12/h4-6H,3H2,1-2H3,(H,14,17). The van der Waals surface area contributed by atoms with Gasteiger partial charge in [0.15, 0.2) is 0 Å². The van der Waals surface area contributed by atoms with Crippen LogP contribution in [0.2, 0.25) is 0 Å². The second kappa shape index (κ2) is 5.44. The van der Waals surface area contributed by atoms with E-state index in [0.29, 0.717) is 10.6 Å². The summed E-state index contributed by atoms with van der Waals surface area (Å²) in [6.45, 7) is 3.60. The molecule has 0 radical (unpaired) electrons. The van der Waals surface area contributed by atoms with Gasteiger partial charge in [-0.15, -0.1) is 0 Å². The lowest BCUT2D eigenvalue weighted by Crippen LogP contribution is -2.48. The predicted molar refractivity (Wildman–Crippen MR) is 74.2 cm³/mol. The quantitative estimate of drug-likeness (QED) is 0.304. The van der Waals surface area contributed by atoms with Gasteiger partial charge < -0.3 is 10.1 Å². The first kappa shape index (κ1) is 14.2. The fraction of sp³-hybridized carbons (Fsp3) is 0.333. The number of amides is 1. The summed E-state index contributed by atoms with van der Waals surface area (Å²) in [5, 5.41) is 5.98. The van der Waals surface area contributed by atoms with Crippen molar-refractivity contribution >= 4 is 29.3 Å². The van der Waals surface area contributed by atoms with Crippen LogP contribution in [-0.2, 0) is 14.3 Å². The summed E-state index contributed by atoms with van der Waals surface area (Å²) in [5.41, 5.74) is 10.2. The number of nitrogens with zero attached hydrogens (tertiary/aromatic N) is 3. The Morgan fingerprint density at radius 3 is 3.00 bits per heavy atom. The molecular formula is C12H12N4O3S. The minimum Gasteiger partial charge on any atom is -0.464 e. The minimum atomic E-state index is -1.95. The number of fused-ring (bicyclic) bond motifs is 1. The first-order valence-corrected chi connectivity index (χ1v) is 6.69. The Kier molecular flexibility index (Phi) is 3.87. The maximum atomic E-state index is 12.2. The van der Waals surface area contributed by atoms with E-state index >= 15 is 0 Å². The number of rotatable bonds is 3. The fourth-order valence-electron chi connectivity index (χ4n) is 1.76. The van der Waals surface area contributed by atoms with Gasteiger partial charge in [0.2, 0.25) is 0 Å². The summed E-state index contributed by atoms with van der Waals surface area (Å²) in [6, 6.07) is 5.38. The zero-order chi connectivity index (χ0) is 14.8. The highest BCUT2D eigenvalue weighted by molar-refractivity contribution is 8.02. The molecule has 1 heterocycles. The lowest BCUT2D eigenvalue weighted by molar-refractivity contribution is -0.148. The van der Waals surface area contributed by atoms with E-state index in [1.165, 1.54) is 0 Å². The van der Waals surface area contributed by atoms with Crippen molar-refractivity contribution in [1.82, 2.24) is 0 Å². The average Bonchev–Trinajstić information content (AvgIpc) is 2.40. The number of carbonyl (C=O) groups is 2. The summed E-state index contributed by atoms with van der Waals surface area (Å²) >= 11 is 0.892. The first-order valence-electron chi connectivity index (χ1n) is 5.88. The van der Waals surface area contributed by atoms with E-state index in [4.69, 9.17) is 10.3 Å². The molecule has 0 bridgehead atoms. The lowest BCUT2D eigenvalue weighted by atomic mass is 10.2. The normalized spacial score (nSPS) is 20.4. The van der Waals surface area contributed by atoms with Crippen LogP contribution in [0.4, 0.5) is 5.69 Å². The fourth-order valence-corrected chi connectivity index (χ4v) is 2.92. The van der Waals surface area contributed by atoms with Crippen molar-refractivity contribution in [2.75, 3.05) is 11.9 Å². The molecule has 1 aliphatic rings. The monoisotopic (exact) mass is 292 g/mol. The molecule has 0 saturated heterocycles. The first-order chi connectivity index (χ1) is 9.53. The van der Waals surface area contributed by atoms with Crippen molar-refractivity contribution in [3.8, 4) is 0 Å². The van der Waals surface area contributed by atoms with Gasteiger partial charge in [0.25, 0.3) is 10.8 Å². The van der Waals surface area contributed by atoms with E-state index in [9.17, 15) is 9.59 Å². The Labute approximate surface area is 119 Å². The number of carbonyl (C=O) groups excluding carboxylic acids is 2. The van der Waals surface area contributed by atoms with Crippen molar-refractivity contribution in [2.24, 2.45) is 5.11 Å². The van der Waals surface area contributed by atoms with Crippen molar-refractivity contribution in [1.29, 1.82) is 0 Å². The van der Waals surface area contributed by atoms with E-state index < -0.39 is 16.7 Å². The number of azide groups is 1. The summed E-state index contributed by atoms with van der Waals surface area (Å²) in [6.07, 6.45) is 0. The third-order valence-corrected chi connectivity index (χ3v) is 3.98. The molecule has 8 heteroatoms. The Bertz CT molecular complexity index is 627. The molecule has 0 aromatic heterocycles. The molecular weight excluding hydrogens is 280 g/mol. The topological polar surface area (TPSA) is 104 Å². The van der Waals surface area contributed by atoms with Crippen LogP contribution < -0.4 is 5.32 Å². The van der Waals surface area contributed by atoms with Gasteiger partial charge in [-0.25, -0.2) is 4.79 Å². The molecule has 7 nitrogen and oxygen atoms in total. The number of thioether (sulfide) groups is 1. The van der Waals surface area contributed by atoms with Gasteiger partial charge in [0.05, 0.1) is 12.3 Å². The van der Waals surface area contributed by atoms with Crippen molar-refractivity contribution in [2.45, 2.75) is 23.6 Å². The van der Waals surface area contributed by atoms with E-state index in [0.717, 1.165) is 17.3 Å². The molecule has 1 unspecified atom stereocenters. The molecule has 0 saturated carbocycles. The summed E-state index contributed by atoms with van der Waals surface area (Å²) in [4.78, 5) is 25.5. The highest BCUT2D eigenvalue weighted by atomic mass is 32.2. The maximum absolute atomic E-state index is 12.2. The van der Waals surface area contributed by atoms with E-state index in [-0.39, 0.29) is 6.61 Å². The Hall–Kier alpha value is -2.18. The van der Waals surface area contributed by atoms with Gasteiger partial charge in [-0.3, -0.25) is 4.79 Å². The number of nitrogens with one attached hydrogen (secondary N) is 1. The number of aryl methyl sites for hydroxylation is 1. The summed E-state index contributed by atoms with van der Waals surface area (Å²) < 4.78 is 4.87. The highest BCUT2D eigenvalue weighted by Crippen LogP contribution is 2.44. The molecule has 1 aromatic carbocycles. The van der Waals surface area contributed by atoms with Gasteiger partial charge in [0.1, 0.15) is 0 Å². The molecule has 1 N–H and O–H groups in total. The molecule has 20 heavy (non-hydrogen) atoms. The molecule has 0 spiro atoms. The summed E-state index contributed by atoms with van der Waals surface area (Å²) in [7, 11) is 0. The molecule has 1 aromatic rings. The number of anilines is 1. The SMILES string of the molecule is CCOC(=O)C1(N=[N+]=[N-])Sc2cc(C)ccc2NC1=O. The van der Waals surface area contributed by atoms with Gasteiger partial charge >= 0.3 is 5.97 Å². The number of hydrogen-bond acceptors (Lipinski definition) is 5. The van der Waals surface area contributed by atoms with Gasteiger partial charge in [-0.05, 0) is 37.1 Å². The zero-order valence-corrected chi connectivity index (χ0v) is 11.7. The molecule has 0 aliphatic carbocycles. The number of esters is 1. The number of ether oxygens (including phenoxy) is 1.